The lowest BCUT2D eigenvalue weighted by Gasteiger charge is -2.12. The summed E-state index contributed by atoms with van der Waals surface area (Å²) in [7, 11) is 0. The van der Waals surface area contributed by atoms with Gasteiger partial charge in [0, 0.05) is 12.2 Å². The van der Waals surface area contributed by atoms with Crippen molar-refractivity contribution in [1.82, 2.24) is 10.9 Å². The summed E-state index contributed by atoms with van der Waals surface area (Å²) in [6.07, 6.45) is 0.963. The fourth-order valence-corrected chi connectivity index (χ4v) is 2.50. The minimum absolute atomic E-state index is 0.322. The molecule has 0 aliphatic rings. The van der Waals surface area contributed by atoms with Crippen LogP contribution in [-0.4, -0.2) is 38.2 Å². The number of hydrazine groups is 1. The molecule has 0 atom stereocenters. The first-order valence-electron chi connectivity index (χ1n) is 10.1. The predicted octanol–water partition coefficient (Wildman–Crippen LogP) is 3.60. The quantitative estimate of drug-likeness (QED) is 0.433. The maximum atomic E-state index is 12.5. The van der Waals surface area contributed by atoms with E-state index >= 15 is 0 Å². The molecule has 30 heavy (non-hydrogen) atoms. The van der Waals surface area contributed by atoms with E-state index in [-0.39, 0.29) is 0 Å². The summed E-state index contributed by atoms with van der Waals surface area (Å²) in [5, 5.41) is 0. The Morgan fingerprint density at radius 1 is 0.867 bits per heavy atom. The van der Waals surface area contributed by atoms with Gasteiger partial charge in [0.1, 0.15) is 18.1 Å². The Morgan fingerprint density at radius 3 is 2.27 bits per heavy atom. The van der Waals surface area contributed by atoms with E-state index < -0.39 is 11.8 Å². The molecule has 0 aromatic heterocycles. The maximum absolute atomic E-state index is 12.5. The lowest BCUT2D eigenvalue weighted by molar-refractivity contribution is 0.0840. The lowest BCUT2D eigenvalue weighted by atomic mass is 10.1. The van der Waals surface area contributed by atoms with E-state index in [1.807, 2.05) is 6.92 Å². The van der Waals surface area contributed by atoms with Crippen LogP contribution in [0.5, 0.6) is 11.5 Å². The Morgan fingerprint density at radius 2 is 1.57 bits per heavy atom. The third kappa shape index (κ3) is 7.75. The van der Waals surface area contributed by atoms with Crippen LogP contribution in [0.2, 0.25) is 0 Å². The van der Waals surface area contributed by atoms with Crippen molar-refractivity contribution < 1.29 is 23.8 Å². The van der Waals surface area contributed by atoms with Crippen molar-refractivity contribution in [2.75, 3.05) is 26.4 Å². The summed E-state index contributed by atoms with van der Waals surface area (Å²) in [5.41, 5.74) is 5.57. The van der Waals surface area contributed by atoms with Gasteiger partial charge in [0.15, 0.2) is 0 Å². The molecule has 7 nitrogen and oxygen atoms in total. The van der Waals surface area contributed by atoms with Crippen LogP contribution in [0.4, 0.5) is 0 Å². The highest BCUT2D eigenvalue weighted by Gasteiger charge is 2.14. The number of para-hydroxylation sites is 1. The van der Waals surface area contributed by atoms with Gasteiger partial charge in [0.25, 0.3) is 11.8 Å². The van der Waals surface area contributed by atoms with Crippen LogP contribution >= 0.6 is 0 Å². The number of rotatable bonds is 11. The molecule has 2 N–H and O–H groups in total. The van der Waals surface area contributed by atoms with Gasteiger partial charge in [-0.3, -0.25) is 20.4 Å². The molecular weight excluding hydrogens is 384 g/mol. The number of nitrogens with one attached hydrogen (secondary N) is 2. The number of carbonyl (C=O) groups is 2. The predicted molar refractivity (Wildman–Crippen MR) is 115 cm³/mol. The fraction of sp³-hybridized carbons (Fsp3) is 0.391. The average molecular weight is 415 g/mol. The summed E-state index contributed by atoms with van der Waals surface area (Å²) in [4.78, 5) is 24.8. The molecule has 162 valence electrons. The monoisotopic (exact) mass is 414 g/mol. The first-order valence-corrected chi connectivity index (χ1v) is 10.1. The highest BCUT2D eigenvalue weighted by atomic mass is 16.5. The molecule has 0 heterocycles. The van der Waals surface area contributed by atoms with Crippen molar-refractivity contribution in [2.45, 2.75) is 27.2 Å². The van der Waals surface area contributed by atoms with E-state index in [1.54, 1.807) is 48.5 Å². The van der Waals surface area contributed by atoms with Crippen LogP contribution in [0, 0.1) is 5.92 Å². The Bertz CT molecular complexity index is 805. The van der Waals surface area contributed by atoms with Crippen LogP contribution < -0.4 is 20.3 Å². The molecule has 0 radical (unpaired) electrons. The molecule has 2 aromatic carbocycles. The molecule has 0 fully saturated rings. The smallest absolute Gasteiger partial charge is 0.273 e. The topological polar surface area (TPSA) is 85.9 Å². The van der Waals surface area contributed by atoms with Gasteiger partial charge in [-0.2, -0.15) is 0 Å². The number of hydrogen-bond donors (Lipinski definition) is 2. The summed E-state index contributed by atoms with van der Waals surface area (Å²) >= 11 is 0. The maximum Gasteiger partial charge on any atom is 0.273 e. The van der Waals surface area contributed by atoms with Gasteiger partial charge in [0.2, 0.25) is 0 Å². The zero-order valence-corrected chi connectivity index (χ0v) is 17.8. The van der Waals surface area contributed by atoms with Gasteiger partial charge < -0.3 is 14.2 Å². The first-order chi connectivity index (χ1) is 14.5. The Labute approximate surface area is 177 Å². The van der Waals surface area contributed by atoms with Crippen molar-refractivity contribution in [1.29, 1.82) is 0 Å². The normalized spacial score (nSPS) is 10.5. The van der Waals surface area contributed by atoms with Gasteiger partial charge in [-0.05, 0) is 55.7 Å². The average Bonchev–Trinajstić information content (AvgIpc) is 2.75. The molecular formula is C23H30N2O5. The second kappa shape index (κ2) is 12.5. The van der Waals surface area contributed by atoms with Crippen LogP contribution in [0.3, 0.4) is 0 Å². The van der Waals surface area contributed by atoms with Crippen LogP contribution in [0.15, 0.2) is 48.5 Å². The van der Waals surface area contributed by atoms with Gasteiger partial charge in [-0.25, -0.2) is 0 Å². The summed E-state index contributed by atoms with van der Waals surface area (Å²) < 4.78 is 16.5. The van der Waals surface area contributed by atoms with E-state index in [4.69, 9.17) is 14.2 Å². The molecule has 2 amide bonds. The number of hydrogen-bond acceptors (Lipinski definition) is 5. The van der Waals surface area contributed by atoms with Gasteiger partial charge >= 0.3 is 0 Å². The summed E-state index contributed by atoms with van der Waals surface area (Å²) in [5.74, 6) is 0.802. The van der Waals surface area contributed by atoms with Crippen LogP contribution in [0.1, 0.15) is 47.9 Å². The molecule has 0 saturated heterocycles. The van der Waals surface area contributed by atoms with E-state index in [9.17, 15) is 9.59 Å². The minimum atomic E-state index is -0.469. The van der Waals surface area contributed by atoms with Gasteiger partial charge in [-0.1, -0.05) is 26.0 Å². The third-order valence-electron chi connectivity index (χ3n) is 4.19. The molecule has 0 unspecified atom stereocenters. The van der Waals surface area contributed by atoms with Crippen molar-refractivity contribution in [3.63, 3.8) is 0 Å². The number of benzene rings is 2. The standard InChI is InChI=1S/C23H30N2O5/c1-4-28-15-16-30-21-8-6-5-7-20(21)23(27)25-24-22(26)18-9-11-19(12-10-18)29-14-13-17(2)3/h5-12,17H,4,13-16H2,1-3H3,(H,24,26)(H,25,27). The second-order valence-electron chi connectivity index (χ2n) is 7.01. The van der Waals surface area contributed by atoms with Crippen molar-refractivity contribution in [3.05, 3.63) is 59.7 Å². The van der Waals surface area contributed by atoms with Gasteiger partial charge in [0.05, 0.1) is 18.8 Å². The van der Waals surface area contributed by atoms with Crippen LogP contribution in [-0.2, 0) is 4.74 Å². The number of ether oxygens (including phenoxy) is 3. The molecule has 2 aromatic rings. The van der Waals surface area contributed by atoms with Crippen LogP contribution in [0.25, 0.3) is 0 Å². The highest BCUT2D eigenvalue weighted by molar-refractivity contribution is 6.00. The molecule has 0 spiro atoms. The Hall–Kier alpha value is -3.06. The van der Waals surface area contributed by atoms with E-state index in [1.165, 1.54) is 0 Å². The zero-order chi connectivity index (χ0) is 21.8. The minimum Gasteiger partial charge on any atom is -0.494 e. The van der Waals surface area contributed by atoms with E-state index in [0.29, 0.717) is 55.0 Å². The highest BCUT2D eigenvalue weighted by Crippen LogP contribution is 2.18. The third-order valence-corrected chi connectivity index (χ3v) is 4.19. The van der Waals surface area contributed by atoms with E-state index in [0.717, 1.165) is 6.42 Å². The molecule has 2 rings (SSSR count). The molecule has 0 bridgehead atoms. The number of carbonyl (C=O) groups excluding carboxylic acids is 2. The summed E-state index contributed by atoms with van der Waals surface area (Å²) in [6.45, 7) is 8.16. The molecule has 7 heteroatoms. The molecule has 0 saturated carbocycles. The second-order valence-corrected chi connectivity index (χ2v) is 7.01. The molecule has 0 aliphatic carbocycles. The van der Waals surface area contributed by atoms with Crippen molar-refractivity contribution >= 4 is 11.8 Å². The van der Waals surface area contributed by atoms with E-state index in [2.05, 4.69) is 24.7 Å². The largest absolute Gasteiger partial charge is 0.494 e. The summed E-state index contributed by atoms with van der Waals surface area (Å²) in [6, 6.07) is 13.6. The molecule has 0 aliphatic heterocycles. The number of amides is 2. The fourth-order valence-electron chi connectivity index (χ4n) is 2.50. The van der Waals surface area contributed by atoms with Gasteiger partial charge in [-0.15, -0.1) is 0 Å². The SMILES string of the molecule is CCOCCOc1ccccc1C(=O)NNC(=O)c1ccc(OCCC(C)C)cc1. The first kappa shape index (κ1) is 23.2. The van der Waals surface area contributed by atoms with Crippen molar-refractivity contribution in [3.8, 4) is 11.5 Å². The Kier molecular flexibility index (Phi) is 9.67. The lowest BCUT2D eigenvalue weighted by Crippen LogP contribution is -2.41. The zero-order valence-electron chi connectivity index (χ0n) is 17.8. The van der Waals surface area contributed by atoms with Crippen molar-refractivity contribution in [2.24, 2.45) is 5.92 Å². The Balaban J connectivity index is 1.86.